The summed E-state index contributed by atoms with van der Waals surface area (Å²) < 4.78 is 14.3. The summed E-state index contributed by atoms with van der Waals surface area (Å²) in [5.41, 5.74) is -0.171. The maximum atomic E-state index is 12.7. The smallest absolute Gasteiger partial charge is 0.193 e. The zero-order valence-electron chi connectivity index (χ0n) is 25.0. The number of fused-ring (bicyclic) bond motifs is 1. The first-order valence-corrected chi connectivity index (χ1v) is 20.1. The molecule has 0 aromatic carbocycles. The molecule has 0 aromatic rings. The first-order chi connectivity index (χ1) is 16.4. The van der Waals surface area contributed by atoms with Crippen molar-refractivity contribution in [2.75, 3.05) is 0 Å². The fourth-order valence-corrected chi connectivity index (χ4v) is 13.6. The average molecular weight is 523 g/mol. The molecule has 2 rings (SSSR count). The number of rotatable bonds is 14. The Morgan fingerprint density at radius 3 is 2.00 bits per heavy atom. The number of Topliss-reactive ketones (excluding diaryl/α,β-unsaturated/α-hetero) is 1. The molecule has 5 atom stereocenters. The minimum atomic E-state index is -1.81. The van der Waals surface area contributed by atoms with Gasteiger partial charge in [0.25, 0.3) is 0 Å². The molecule has 3 nitrogen and oxygen atoms in total. The van der Waals surface area contributed by atoms with Crippen LogP contribution < -0.4 is 0 Å². The van der Waals surface area contributed by atoms with Gasteiger partial charge in [0, 0.05) is 12.3 Å². The topological polar surface area (TPSA) is 35.5 Å². The Balaban J connectivity index is 2.35. The van der Waals surface area contributed by atoms with E-state index in [1.165, 1.54) is 12.8 Å². The highest BCUT2D eigenvalue weighted by molar-refractivity contribution is 6.74. The number of hydrogen-bond acceptors (Lipinski definition) is 3. The third-order valence-electron chi connectivity index (χ3n) is 10.6. The molecule has 0 heterocycles. The molecule has 35 heavy (non-hydrogen) atoms. The molecule has 5 heteroatoms. The lowest BCUT2D eigenvalue weighted by Gasteiger charge is -2.45. The van der Waals surface area contributed by atoms with Gasteiger partial charge in [0.05, 0.1) is 11.7 Å². The van der Waals surface area contributed by atoms with Crippen molar-refractivity contribution >= 4 is 22.4 Å². The first kappa shape index (κ1) is 31.0. The molecule has 0 amide bonds. The summed E-state index contributed by atoms with van der Waals surface area (Å²) in [5.74, 6) is 1.84. The van der Waals surface area contributed by atoms with Crippen molar-refractivity contribution in [1.82, 2.24) is 0 Å². The number of carbonyl (C=O) groups excluding carboxylic acids is 1. The molecule has 2 saturated carbocycles. The normalized spacial score (nSPS) is 27.9. The van der Waals surface area contributed by atoms with Crippen molar-refractivity contribution in [3.8, 4) is 0 Å². The van der Waals surface area contributed by atoms with Gasteiger partial charge in [-0.2, -0.15) is 0 Å². The van der Waals surface area contributed by atoms with Crippen molar-refractivity contribution in [2.24, 2.45) is 23.2 Å². The summed E-state index contributed by atoms with van der Waals surface area (Å²) in [6, 6.07) is 6.92. The number of ketones is 1. The maximum absolute atomic E-state index is 12.7. The van der Waals surface area contributed by atoms with E-state index >= 15 is 0 Å². The van der Waals surface area contributed by atoms with E-state index in [0.29, 0.717) is 17.6 Å². The second-order valence-corrected chi connectivity index (χ2v) is 22.0. The van der Waals surface area contributed by atoms with E-state index in [-0.39, 0.29) is 23.0 Å². The highest BCUT2D eigenvalue weighted by Gasteiger charge is 2.52. The fraction of sp³-hybridized carbons (Fsp3) is 0.900. The molecule has 2 fully saturated rings. The molecule has 2 aliphatic carbocycles. The van der Waals surface area contributed by atoms with E-state index < -0.39 is 16.6 Å². The van der Waals surface area contributed by atoms with Gasteiger partial charge in [-0.3, -0.25) is 4.79 Å². The molecule has 0 N–H and O–H groups in total. The third-order valence-corrected chi connectivity index (χ3v) is 20.0. The Bertz CT molecular complexity index is 694. The number of hydrogen-bond donors (Lipinski definition) is 0. The van der Waals surface area contributed by atoms with E-state index in [2.05, 4.69) is 81.4 Å². The van der Waals surface area contributed by atoms with Crippen LogP contribution in [0.25, 0.3) is 0 Å². The minimum Gasteiger partial charge on any atom is -0.409 e. The minimum absolute atomic E-state index is 0.0222. The molecule has 2 aliphatic rings. The Morgan fingerprint density at radius 2 is 1.49 bits per heavy atom. The van der Waals surface area contributed by atoms with Crippen LogP contribution in [0.15, 0.2) is 12.2 Å². The SMILES string of the molecule is CC[Si](CC)(CC)OC(/C=C/[C@@H](C)[C@H]1CC[C@H]2C(=O)CCC[C@]12C)C(C)(C)O[Si](CC)(CC)CC. The molecule has 0 saturated heterocycles. The van der Waals surface area contributed by atoms with Crippen LogP contribution in [-0.4, -0.2) is 34.1 Å². The lowest BCUT2D eigenvalue weighted by molar-refractivity contribution is -0.129. The van der Waals surface area contributed by atoms with E-state index in [0.717, 1.165) is 55.5 Å². The van der Waals surface area contributed by atoms with Gasteiger partial charge in [-0.1, -0.05) is 67.5 Å². The second-order valence-electron chi connectivity index (χ2n) is 12.5. The Kier molecular flexibility index (Phi) is 11.1. The van der Waals surface area contributed by atoms with E-state index in [9.17, 15) is 4.79 Å². The molecule has 0 radical (unpaired) electrons. The molecule has 0 aliphatic heterocycles. The highest BCUT2D eigenvalue weighted by atomic mass is 28.4. The van der Waals surface area contributed by atoms with Crippen molar-refractivity contribution in [3.63, 3.8) is 0 Å². The standard InChI is InChI=1S/C30H58O3Si2/c1-11-34(12-2,13-3)32-28(29(8,9)33-35(14-4,15-5)16-6)22-19-24(7)25-20-21-26-27(31)18-17-23-30(25,26)10/h19,22,24-26,28H,11-18,20-21,23H2,1-10H3/b22-19+/t24-,25-,26+,28?,30-/m1/s1. The van der Waals surface area contributed by atoms with Gasteiger partial charge in [0.2, 0.25) is 0 Å². The molecular weight excluding hydrogens is 464 g/mol. The van der Waals surface area contributed by atoms with Crippen molar-refractivity contribution < 1.29 is 13.6 Å². The van der Waals surface area contributed by atoms with Crippen LogP contribution in [0.3, 0.4) is 0 Å². The molecular formula is C30H58O3Si2. The van der Waals surface area contributed by atoms with Crippen molar-refractivity contribution in [1.29, 1.82) is 0 Å². The first-order valence-electron chi connectivity index (χ1n) is 15.0. The van der Waals surface area contributed by atoms with Crippen molar-refractivity contribution in [2.45, 2.75) is 149 Å². The van der Waals surface area contributed by atoms with Gasteiger partial charge >= 0.3 is 0 Å². The summed E-state index contributed by atoms with van der Waals surface area (Å²) >= 11 is 0. The predicted octanol–water partition coefficient (Wildman–Crippen LogP) is 9.16. The summed E-state index contributed by atoms with van der Waals surface area (Å²) in [7, 11) is -3.59. The molecule has 0 spiro atoms. The van der Waals surface area contributed by atoms with Crippen LogP contribution in [0.1, 0.15) is 101 Å². The molecule has 1 unspecified atom stereocenters. The van der Waals surface area contributed by atoms with Crippen LogP contribution in [0.5, 0.6) is 0 Å². The third kappa shape index (κ3) is 6.61. The van der Waals surface area contributed by atoms with Gasteiger partial charge < -0.3 is 8.85 Å². The van der Waals surface area contributed by atoms with Crippen LogP contribution in [0, 0.1) is 23.2 Å². The van der Waals surface area contributed by atoms with Crippen LogP contribution in [-0.2, 0) is 13.6 Å². The van der Waals surface area contributed by atoms with Gasteiger partial charge in [0.1, 0.15) is 5.78 Å². The second kappa shape index (κ2) is 12.5. The zero-order valence-corrected chi connectivity index (χ0v) is 27.0. The zero-order chi connectivity index (χ0) is 26.5. The Hall–Kier alpha value is -0.236. The maximum Gasteiger partial charge on any atom is 0.193 e. The van der Waals surface area contributed by atoms with E-state index in [4.69, 9.17) is 8.85 Å². The monoisotopic (exact) mass is 522 g/mol. The lowest BCUT2D eigenvalue weighted by atomic mass is 9.62. The predicted molar refractivity (Wildman–Crippen MR) is 156 cm³/mol. The fourth-order valence-electron chi connectivity index (χ4n) is 7.51. The quantitative estimate of drug-likeness (QED) is 0.168. The van der Waals surface area contributed by atoms with Gasteiger partial charge in [-0.25, -0.2) is 0 Å². The van der Waals surface area contributed by atoms with Gasteiger partial charge in [-0.15, -0.1) is 0 Å². The largest absolute Gasteiger partial charge is 0.409 e. The Morgan fingerprint density at radius 1 is 0.943 bits per heavy atom. The van der Waals surface area contributed by atoms with Crippen LogP contribution in [0.2, 0.25) is 36.3 Å². The summed E-state index contributed by atoms with van der Waals surface area (Å²) in [5, 5.41) is 0. The Labute approximate surface area is 220 Å². The summed E-state index contributed by atoms with van der Waals surface area (Å²) in [6.45, 7) is 23.2. The number of carbonyl (C=O) groups is 1. The number of allylic oxidation sites excluding steroid dienone is 1. The van der Waals surface area contributed by atoms with E-state index in [1.54, 1.807) is 0 Å². The van der Waals surface area contributed by atoms with Crippen molar-refractivity contribution in [3.05, 3.63) is 12.2 Å². The summed E-state index contributed by atoms with van der Waals surface area (Å²) in [4.78, 5) is 12.7. The van der Waals surface area contributed by atoms with Gasteiger partial charge in [0.15, 0.2) is 16.6 Å². The van der Waals surface area contributed by atoms with Gasteiger partial charge in [-0.05, 0) is 93.0 Å². The lowest BCUT2D eigenvalue weighted by Crippen LogP contribution is -2.54. The summed E-state index contributed by atoms with van der Waals surface area (Å²) in [6.07, 6.45) is 10.1. The van der Waals surface area contributed by atoms with Crippen LogP contribution in [0.4, 0.5) is 0 Å². The van der Waals surface area contributed by atoms with Crippen LogP contribution >= 0.6 is 0 Å². The molecule has 204 valence electrons. The molecule has 0 bridgehead atoms. The van der Waals surface area contributed by atoms with E-state index in [1.807, 2.05) is 0 Å². The average Bonchev–Trinajstić information content (AvgIpc) is 3.21. The molecule has 0 aromatic heterocycles. The highest BCUT2D eigenvalue weighted by Crippen LogP contribution is 2.56.